The Morgan fingerprint density at radius 2 is 1.97 bits per heavy atom. The molecule has 1 aliphatic heterocycles. The lowest BCUT2D eigenvalue weighted by atomic mass is 10.1. The van der Waals surface area contributed by atoms with E-state index < -0.39 is 6.04 Å². The van der Waals surface area contributed by atoms with Crippen LogP contribution in [0.15, 0.2) is 54.7 Å². The summed E-state index contributed by atoms with van der Waals surface area (Å²) in [7, 11) is 1.66. The number of benzene rings is 2. The Hall–Kier alpha value is -3.65. The SMILES string of the molecule is COCCn1ccc2c(NC(=O)CC[C@H]3NC(=O)c4ccccc4NC3=O)cccc21. The normalized spacial score (nSPS) is 15.7. The van der Waals surface area contributed by atoms with Crippen molar-refractivity contribution in [3.63, 3.8) is 0 Å². The summed E-state index contributed by atoms with van der Waals surface area (Å²) in [6.45, 7) is 1.32. The number of carbonyl (C=O) groups excluding carboxylic acids is 3. The van der Waals surface area contributed by atoms with E-state index in [1.807, 2.05) is 30.5 Å². The predicted octanol–water partition coefficient (Wildman–Crippen LogP) is 2.76. The second-order valence-electron chi connectivity index (χ2n) is 7.39. The van der Waals surface area contributed by atoms with Gasteiger partial charge in [-0.25, -0.2) is 0 Å². The standard InChI is InChI=1S/C23H24N4O4/c1-31-14-13-27-12-11-15-17(7-4-8-20(15)27)24-21(28)10-9-19-23(30)25-18-6-3-2-5-16(18)22(29)26-19/h2-8,11-12,19H,9-10,13-14H2,1H3,(H,24,28)(H,25,30)(H,26,29)/t19-/m1/s1. The molecule has 0 fully saturated rings. The van der Waals surface area contributed by atoms with Gasteiger partial charge in [0.15, 0.2) is 0 Å². The van der Waals surface area contributed by atoms with Crippen molar-refractivity contribution in [2.24, 2.45) is 0 Å². The number of fused-ring (bicyclic) bond motifs is 2. The molecule has 3 amide bonds. The second-order valence-corrected chi connectivity index (χ2v) is 7.39. The minimum absolute atomic E-state index is 0.0927. The summed E-state index contributed by atoms with van der Waals surface area (Å²) >= 11 is 0. The molecule has 0 saturated heterocycles. The maximum Gasteiger partial charge on any atom is 0.254 e. The van der Waals surface area contributed by atoms with Crippen molar-refractivity contribution in [2.45, 2.75) is 25.4 Å². The Morgan fingerprint density at radius 1 is 1.13 bits per heavy atom. The smallest absolute Gasteiger partial charge is 0.254 e. The third-order valence-electron chi connectivity index (χ3n) is 5.34. The molecule has 3 N–H and O–H groups in total. The molecule has 3 aromatic rings. The number of hydrogen-bond acceptors (Lipinski definition) is 4. The highest BCUT2D eigenvalue weighted by molar-refractivity contribution is 6.10. The summed E-state index contributed by atoms with van der Waals surface area (Å²) in [5.74, 6) is -0.883. The van der Waals surface area contributed by atoms with Crippen molar-refractivity contribution in [1.82, 2.24) is 9.88 Å². The Morgan fingerprint density at radius 3 is 2.81 bits per heavy atom. The van der Waals surface area contributed by atoms with Gasteiger partial charge in [0, 0.05) is 31.7 Å². The molecular weight excluding hydrogens is 396 g/mol. The van der Waals surface area contributed by atoms with Crippen LogP contribution in [0.3, 0.4) is 0 Å². The van der Waals surface area contributed by atoms with Crippen LogP contribution in [-0.2, 0) is 20.9 Å². The van der Waals surface area contributed by atoms with Gasteiger partial charge in [0.1, 0.15) is 6.04 Å². The van der Waals surface area contributed by atoms with E-state index >= 15 is 0 Å². The molecule has 0 unspecified atom stereocenters. The highest BCUT2D eigenvalue weighted by atomic mass is 16.5. The van der Waals surface area contributed by atoms with Gasteiger partial charge in [-0.05, 0) is 36.8 Å². The number of hydrogen-bond donors (Lipinski definition) is 3. The fraction of sp³-hybridized carbons (Fsp3) is 0.261. The van der Waals surface area contributed by atoms with Gasteiger partial charge in [-0.1, -0.05) is 18.2 Å². The summed E-state index contributed by atoms with van der Waals surface area (Å²) in [6, 6.07) is 13.7. The van der Waals surface area contributed by atoms with Gasteiger partial charge in [-0.2, -0.15) is 0 Å². The number of rotatable bonds is 7. The molecule has 0 aliphatic carbocycles. The van der Waals surface area contributed by atoms with E-state index in [1.165, 1.54) is 0 Å². The van der Waals surface area contributed by atoms with E-state index in [0.29, 0.717) is 23.5 Å². The van der Waals surface area contributed by atoms with Crippen LogP contribution < -0.4 is 16.0 Å². The Labute approximate surface area is 179 Å². The average molecular weight is 420 g/mol. The fourth-order valence-corrected chi connectivity index (χ4v) is 3.72. The molecule has 4 rings (SSSR count). The van der Waals surface area contributed by atoms with Crippen LogP contribution in [0.2, 0.25) is 0 Å². The minimum atomic E-state index is -0.781. The zero-order chi connectivity index (χ0) is 21.8. The number of aromatic nitrogens is 1. The van der Waals surface area contributed by atoms with Gasteiger partial charge in [0.05, 0.1) is 29.1 Å². The highest BCUT2D eigenvalue weighted by Crippen LogP contribution is 2.25. The number of amides is 3. The summed E-state index contributed by atoms with van der Waals surface area (Å²) in [5.41, 5.74) is 2.59. The van der Waals surface area contributed by atoms with Gasteiger partial charge in [0.2, 0.25) is 11.8 Å². The number of nitrogens with zero attached hydrogens (tertiary/aromatic N) is 1. The van der Waals surface area contributed by atoms with E-state index in [1.54, 1.807) is 31.4 Å². The Balaban J connectivity index is 1.40. The first-order valence-corrected chi connectivity index (χ1v) is 10.1. The molecule has 1 aliphatic rings. The molecule has 0 saturated carbocycles. The molecular formula is C23H24N4O4. The molecule has 0 radical (unpaired) electrons. The zero-order valence-corrected chi connectivity index (χ0v) is 17.2. The lowest BCUT2D eigenvalue weighted by molar-refractivity contribution is -0.118. The number of carbonyl (C=O) groups is 3. The van der Waals surface area contributed by atoms with Crippen LogP contribution in [0.4, 0.5) is 11.4 Å². The third kappa shape index (κ3) is 4.44. The van der Waals surface area contributed by atoms with E-state index in [9.17, 15) is 14.4 Å². The van der Waals surface area contributed by atoms with Crippen molar-refractivity contribution >= 4 is 40.0 Å². The topological polar surface area (TPSA) is 101 Å². The van der Waals surface area contributed by atoms with Gasteiger partial charge in [0.25, 0.3) is 5.91 Å². The third-order valence-corrected chi connectivity index (χ3v) is 5.34. The summed E-state index contributed by atoms with van der Waals surface area (Å²) < 4.78 is 7.21. The molecule has 2 aromatic carbocycles. The van der Waals surface area contributed by atoms with E-state index in [2.05, 4.69) is 20.5 Å². The number of ether oxygens (including phenoxy) is 1. The monoisotopic (exact) mass is 420 g/mol. The zero-order valence-electron chi connectivity index (χ0n) is 17.2. The maximum atomic E-state index is 12.6. The first-order chi connectivity index (χ1) is 15.1. The van der Waals surface area contributed by atoms with Crippen LogP contribution in [0, 0.1) is 0 Å². The first kappa shape index (κ1) is 20.6. The van der Waals surface area contributed by atoms with Gasteiger partial charge >= 0.3 is 0 Å². The van der Waals surface area contributed by atoms with E-state index in [4.69, 9.17) is 4.74 Å². The van der Waals surface area contributed by atoms with Crippen molar-refractivity contribution in [2.75, 3.05) is 24.4 Å². The molecule has 0 bridgehead atoms. The van der Waals surface area contributed by atoms with Gasteiger partial charge in [-0.3, -0.25) is 14.4 Å². The number of nitrogens with one attached hydrogen (secondary N) is 3. The van der Waals surface area contributed by atoms with Crippen LogP contribution in [0.25, 0.3) is 10.9 Å². The van der Waals surface area contributed by atoms with Crippen molar-refractivity contribution in [3.8, 4) is 0 Å². The average Bonchev–Trinajstić information content (AvgIpc) is 3.14. The minimum Gasteiger partial charge on any atom is -0.383 e. The Kier molecular flexibility index (Phi) is 5.99. The number of anilines is 2. The molecule has 1 aromatic heterocycles. The van der Waals surface area contributed by atoms with Crippen molar-refractivity contribution in [1.29, 1.82) is 0 Å². The first-order valence-electron chi connectivity index (χ1n) is 10.1. The van der Waals surface area contributed by atoms with Crippen LogP contribution in [0.5, 0.6) is 0 Å². The molecule has 8 heteroatoms. The van der Waals surface area contributed by atoms with Crippen molar-refractivity contribution in [3.05, 3.63) is 60.3 Å². The molecule has 2 heterocycles. The summed E-state index contributed by atoms with van der Waals surface area (Å²) in [4.78, 5) is 37.5. The summed E-state index contributed by atoms with van der Waals surface area (Å²) in [5, 5.41) is 9.32. The molecule has 31 heavy (non-hydrogen) atoms. The van der Waals surface area contributed by atoms with E-state index in [0.717, 1.165) is 17.4 Å². The molecule has 0 spiro atoms. The fourth-order valence-electron chi connectivity index (χ4n) is 3.72. The summed E-state index contributed by atoms with van der Waals surface area (Å²) in [6.07, 6.45) is 2.25. The second kappa shape index (κ2) is 9.01. The van der Waals surface area contributed by atoms with Crippen LogP contribution in [0.1, 0.15) is 23.2 Å². The van der Waals surface area contributed by atoms with Gasteiger partial charge < -0.3 is 25.3 Å². The van der Waals surface area contributed by atoms with Gasteiger partial charge in [-0.15, -0.1) is 0 Å². The number of methoxy groups -OCH3 is 1. The largest absolute Gasteiger partial charge is 0.383 e. The molecule has 1 atom stereocenters. The van der Waals surface area contributed by atoms with Crippen molar-refractivity contribution < 1.29 is 19.1 Å². The predicted molar refractivity (Wildman–Crippen MR) is 118 cm³/mol. The highest BCUT2D eigenvalue weighted by Gasteiger charge is 2.27. The lowest BCUT2D eigenvalue weighted by Crippen LogP contribution is -2.41. The Bertz CT molecular complexity index is 1140. The maximum absolute atomic E-state index is 12.6. The molecule has 160 valence electrons. The lowest BCUT2D eigenvalue weighted by Gasteiger charge is -2.14. The quantitative estimate of drug-likeness (QED) is 0.547. The molecule has 8 nitrogen and oxygen atoms in total. The number of para-hydroxylation sites is 1. The van der Waals surface area contributed by atoms with Crippen LogP contribution >= 0.6 is 0 Å². The van der Waals surface area contributed by atoms with Crippen LogP contribution in [-0.4, -0.2) is 42.0 Å². The van der Waals surface area contributed by atoms with E-state index in [-0.39, 0.29) is 30.6 Å².